The van der Waals surface area contributed by atoms with E-state index in [1.807, 2.05) is 14.0 Å². The van der Waals surface area contributed by atoms with Gasteiger partial charge < -0.3 is 20.4 Å². The number of hydrogen-bond acceptors (Lipinski definition) is 4. The van der Waals surface area contributed by atoms with E-state index in [1.54, 1.807) is 0 Å². The van der Waals surface area contributed by atoms with E-state index < -0.39 is 0 Å². The van der Waals surface area contributed by atoms with Crippen molar-refractivity contribution >= 4 is 5.91 Å². The lowest BCUT2D eigenvalue weighted by Crippen LogP contribution is -2.45. The molecule has 0 aromatic heterocycles. The SMILES string of the molecule is CNCC(C)C(=O)NCCN1CCC(N(C)C)CC1. The van der Waals surface area contributed by atoms with E-state index in [2.05, 4.69) is 34.5 Å². The van der Waals surface area contributed by atoms with Gasteiger partial charge in [-0.1, -0.05) is 6.92 Å². The monoisotopic (exact) mass is 270 g/mol. The number of piperidine rings is 1. The highest BCUT2D eigenvalue weighted by Crippen LogP contribution is 2.13. The zero-order chi connectivity index (χ0) is 14.3. The molecule has 1 saturated heterocycles. The predicted molar refractivity (Wildman–Crippen MR) is 79.2 cm³/mol. The highest BCUT2D eigenvalue weighted by Gasteiger charge is 2.20. The molecule has 0 aliphatic carbocycles. The molecule has 1 heterocycles. The average molecular weight is 270 g/mol. The van der Waals surface area contributed by atoms with Crippen molar-refractivity contribution in [3.05, 3.63) is 0 Å². The van der Waals surface area contributed by atoms with Crippen LogP contribution in [0.15, 0.2) is 0 Å². The molecule has 0 spiro atoms. The summed E-state index contributed by atoms with van der Waals surface area (Å²) in [5.74, 6) is 0.196. The van der Waals surface area contributed by atoms with E-state index in [0.717, 1.165) is 38.8 Å². The number of hydrogen-bond donors (Lipinski definition) is 2. The third-order valence-corrected chi connectivity index (χ3v) is 3.97. The fraction of sp³-hybridized carbons (Fsp3) is 0.929. The first-order valence-electron chi connectivity index (χ1n) is 7.35. The number of rotatable bonds is 7. The van der Waals surface area contributed by atoms with Crippen LogP contribution in [0.2, 0.25) is 0 Å². The highest BCUT2D eigenvalue weighted by atomic mass is 16.1. The second-order valence-corrected chi connectivity index (χ2v) is 5.79. The third-order valence-electron chi connectivity index (χ3n) is 3.97. The van der Waals surface area contributed by atoms with Gasteiger partial charge in [-0.25, -0.2) is 0 Å². The van der Waals surface area contributed by atoms with Crippen molar-refractivity contribution in [2.45, 2.75) is 25.8 Å². The lowest BCUT2D eigenvalue weighted by molar-refractivity contribution is -0.124. The molecule has 2 N–H and O–H groups in total. The van der Waals surface area contributed by atoms with Crippen LogP contribution in [0.5, 0.6) is 0 Å². The first-order valence-corrected chi connectivity index (χ1v) is 7.35. The summed E-state index contributed by atoms with van der Waals surface area (Å²) in [6, 6.07) is 0.724. The Labute approximate surface area is 117 Å². The van der Waals surface area contributed by atoms with Crippen LogP contribution < -0.4 is 10.6 Å². The molecule has 0 radical (unpaired) electrons. The van der Waals surface area contributed by atoms with Gasteiger partial charge >= 0.3 is 0 Å². The Hall–Kier alpha value is -0.650. The van der Waals surface area contributed by atoms with Crippen LogP contribution in [-0.4, -0.2) is 75.6 Å². The molecular formula is C14H30N4O. The average Bonchev–Trinajstić information content (AvgIpc) is 2.39. The Morgan fingerprint density at radius 2 is 2.00 bits per heavy atom. The Morgan fingerprint density at radius 3 is 2.53 bits per heavy atom. The molecule has 1 fully saturated rings. The predicted octanol–water partition coefficient (Wildman–Crippen LogP) is -0.0159. The van der Waals surface area contributed by atoms with Crippen LogP contribution in [0.25, 0.3) is 0 Å². The van der Waals surface area contributed by atoms with Gasteiger partial charge in [0.1, 0.15) is 0 Å². The van der Waals surface area contributed by atoms with Gasteiger partial charge in [-0.2, -0.15) is 0 Å². The summed E-state index contributed by atoms with van der Waals surface area (Å²) in [6.45, 7) is 6.71. The summed E-state index contributed by atoms with van der Waals surface area (Å²) in [4.78, 5) is 16.5. The van der Waals surface area contributed by atoms with E-state index in [1.165, 1.54) is 12.8 Å². The van der Waals surface area contributed by atoms with Crippen molar-refractivity contribution in [1.82, 2.24) is 20.4 Å². The second-order valence-electron chi connectivity index (χ2n) is 5.79. The molecule has 1 unspecified atom stereocenters. The maximum absolute atomic E-state index is 11.7. The topological polar surface area (TPSA) is 47.6 Å². The van der Waals surface area contributed by atoms with Gasteiger partial charge in [0.05, 0.1) is 0 Å². The summed E-state index contributed by atoms with van der Waals surface area (Å²) in [5.41, 5.74) is 0. The van der Waals surface area contributed by atoms with Crippen LogP contribution in [0.4, 0.5) is 0 Å². The van der Waals surface area contributed by atoms with Gasteiger partial charge in [0, 0.05) is 31.6 Å². The molecule has 0 aromatic carbocycles. The minimum absolute atomic E-state index is 0.0458. The quantitative estimate of drug-likeness (QED) is 0.683. The number of carbonyl (C=O) groups is 1. The molecule has 5 nitrogen and oxygen atoms in total. The number of nitrogens with one attached hydrogen (secondary N) is 2. The van der Waals surface area contributed by atoms with E-state index in [0.29, 0.717) is 0 Å². The first-order chi connectivity index (χ1) is 9.04. The maximum atomic E-state index is 11.7. The largest absolute Gasteiger partial charge is 0.355 e. The van der Waals surface area contributed by atoms with Gasteiger partial charge in [0.25, 0.3) is 0 Å². The molecule has 19 heavy (non-hydrogen) atoms. The van der Waals surface area contributed by atoms with E-state index in [-0.39, 0.29) is 11.8 Å². The number of nitrogens with zero attached hydrogens (tertiary/aromatic N) is 2. The Balaban J connectivity index is 2.12. The lowest BCUT2D eigenvalue weighted by Gasteiger charge is -2.35. The van der Waals surface area contributed by atoms with E-state index >= 15 is 0 Å². The van der Waals surface area contributed by atoms with Crippen molar-refractivity contribution in [3.63, 3.8) is 0 Å². The minimum atomic E-state index is 0.0458. The van der Waals surface area contributed by atoms with Gasteiger partial charge in [-0.3, -0.25) is 4.79 Å². The molecule has 0 aromatic rings. The van der Waals surface area contributed by atoms with Crippen LogP contribution in [-0.2, 0) is 4.79 Å². The maximum Gasteiger partial charge on any atom is 0.224 e. The molecule has 0 saturated carbocycles. The zero-order valence-corrected chi connectivity index (χ0v) is 12.9. The number of carbonyl (C=O) groups excluding carboxylic acids is 1. The standard InChI is InChI=1S/C14H30N4O/c1-12(11-15-2)14(19)16-7-10-18-8-5-13(6-9-18)17(3)4/h12-13,15H,5-11H2,1-4H3,(H,16,19). The summed E-state index contributed by atoms with van der Waals surface area (Å²) in [5, 5.41) is 6.05. The molecule has 1 atom stereocenters. The Kier molecular flexibility index (Phi) is 7.34. The minimum Gasteiger partial charge on any atom is -0.355 e. The van der Waals surface area contributed by atoms with Crippen molar-refractivity contribution in [2.75, 3.05) is 53.9 Å². The summed E-state index contributed by atoms with van der Waals surface area (Å²) in [7, 11) is 6.19. The Morgan fingerprint density at radius 1 is 1.37 bits per heavy atom. The summed E-state index contributed by atoms with van der Waals surface area (Å²) >= 11 is 0. The van der Waals surface area contributed by atoms with Crippen LogP contribution >= 0.6 is 0 Å². The fourth-order valence-corrected chi connectivity index (χ4v) is 2.57. The van der Waals surface area contributed by atoms with Gasteiger partial charge in [0.15, 0.2) is 0 Å². The fourth-order valence-electron chi connectivity index (χ4n) is 2.57. The van der Waals surface area contributed by atoms with E-state index in [9.17, 15) is 4.79 Å². The van der Waals surface area contributed by atoms with Crippen LogP contribution in [0.1, 0.15) is 19.8 Å². The van der Waals surface area contributed by atoms with Crippen molar-refractivity contribution < 1.29 is 4.79 Å². The Bertz CT molecular complexity index is 262. The lowest BCUT2D eigenvalue weighted by atomic mass is 10.0. The van der Waals surface area contributed by atoms with Crippen LogP contribution in [0.3, 0.4) is 0 Å². The first kappa shape index (κ1) is 16.4. The molecule has 1 aliphatic rings. The van der Waals surface area contributed by atoms with Gasteiger partial charge in [-0.05, 0) is 47.1 Å². The molecular weight excluding hydrogens is 240 g/mol. The van der Waals surface area contributed by atoms with Crippen molar-refractivity contribution in [2.24, 2.45) is 5.92 Å². The number of likely N-dealkylation sites (tertiary alicyclic amines) is 1. The molecule has 1 amide bonds. The second kappa shape index (κ2) is 8.51. The van der Waals surface area contributed by atoms with Gasteiger partial charge in [0.2, 0.25) is 5.91 Å². The molecule has 112 valence electrons. The third kappa shape index (κ3) is 5.89. The molecule has 1 rings (SSSR count). The zero-order valence-electron chi connectivity index (χ0n) is 12.9. The van der Waals surface area contributed by atoms with E-state index in [4.69, 9.17) is 0 Å². The van der Waals surface area contributed by atoms with Crippen molar-refractivity contribution in [1.29, 1.82) is 0 Å². The summed E-state index contributed by atoms with van der Waals surface area (Å²) in [6.07, 6.45) is 2.47. The molecule has 5 heteroatoms. The van der Waals surface area contributed by atoms with Gasteiger partial charge in [-0.15, -0.1) is 0 Å². The molecule has 1 aliphatic heterocycles. The molecule has 0 bridgehead atoms. The van der Waals surface area contributed by atoms with Crippen molar-refractivity contribution in [3.8, 4) is 0 Å². The smallest absolute Gasteiger partial charge is 0.224 e. The number of amides is 1. The normalized spacial score (nSPS) is 19.6. The van der Waals surface area contributed by atoms with Crippen LogP contribution in [0, 0.1) is 5.92 Å². The highest BCUT2D eigenvalue weighted by molar-refractivity contribution is 5.78. The summed E-state index contributed by atoms with van der Waals surface area (Å²) < 4.78 is 0.